The van der Waals surface area contributed by atoms with Crippen LogP contribution in [0.4, 0.5) is 13.2 Å². The third kappa shape index (κ3) is 4.25. The second-order valence-corrected chi connectivity index (χ2v) is 11.0. The largest absolute Gasteiger partial charge is 0.490 e. The summed E-state index contributed by atoms with van der Waals surface area (Å²) in [7, 11) is 0. The highest BCUT2D eigenvalue weighted by Crippen LogP contribution is 2.66. The van der Waals surface area contributed by atoms with E-state index in [1.54, 1.807) is 6.08 Å². The molecule has 0 aromatic rings. The summed E-state index contributed by atoms with van der Waals surface area (Å²) in [6.07, 6.45) is -0.584. The quantitative estimate of drug-likeness (QED) is 0.532. The molecule has 1 unspecified atom stereocenters. The Bertz CT molecular complexity index is 1030. The van der Waals surface area contributed by atoms with E-state index in [2.05, 4.69) is 0 Å². The Morgan fingerprint density at radius 3 is 2.49 bits per heavy atom. The predicted octanol–water partition coefficient (Wildman–Crippen LogP) is 4.52. The molecule has 4 aliphatic carbocycles. The number of halogens is 3. The van der Waals surface area contributed by atoms with Gasteiger partial charge in [-0.1, -0.05) is 25.5 Å². The van der Waals surface area contributed by atoms with E-state index in [0.29, 0.717) is 19.3 Å². The second-order valence-electron chi connectivity index (χ2n) is 11.0. The van der Waals surface area contributed by atoms with Gasteiger partial charge in [-0.25, -0.2) is 4.79 Å². The molecule has 2 fully saturated rings. The molecule has 7 atom stereocenters. The zero-order chi connectivity index (χ0) is 25.9. The number of hydrogen-bond acceptors (Lipinski definition) is 6. The third-order valence-corrected chi connectivity index (χ3v) is 9.04. The Balaban J connectivity index is 1.77. The maximum Gasteiger partial charge on any atom is 0.490 e. The van der Waals surface area contributed by atoms with Gasteiger partial charge in [-0.3, -0.25) is 14.4 Å². The van der Waals surface area contributed by atoms with Crippen LogP contribution in [0.5, 0.6) is 0 Å². The molecule has 0 radical (unpaired) electrons. The summed E-state index contributed by atoms with van der Waals surface area (Å²) in [6, 6.07) is 0. The number of esters is 2. The molecule has 9 heteroatoms. The van der Waals surface area contributed by atoms with Crippen molar-refractivity contribution in [2.75, 3.05) is 6.61 Å². The molecule has 0 spiro atoms. The summed E-state index contributed by atoms with van der Waals surface area (Å²) in [5, 5.41) is 0. The first-order valence-corrected chi connectivity index (χ1v) is 12.1. The topological polar surface area (TPSA) is 86.7 Å². The van der Waals surface area contributed by atoms with E-state index >= 15 is 0 Å². The van der Waals surface area contributed by atoms with Gasteiger partial charge in [0.2, 0.25) is 0 Å². The van der Waals surface area contributed by atoms with Gasteiger partial charge in [-0.05, 0) is 61.5 Å². The number of fused-ring (bicyclic) bond motifs is 5. The predicted molar refractivity (Wildman–Crippen MR) is 118 cm³/mol. The van der Waals surface area contributed by atoms with Gasteiger partial charge in [0.25, 0.3) is 0 Å². The Morgan fingerprint density at radius 2 is 1.86 bits per heavy atom. The molecule has 0 aromatic carbocycles. The number of rotatable bonds is 4. The third-order valence-electron chi connectivity index (χ3n) is 9.04. The Morgan fingerprint density at radius 1 is 1.17 bits per heavy atom. The molecule has 0 bridgehead atoms. The van der Waals surface area contributed by atoms with Gasteiger partial charge in [-0.15, -0.1) is 0 Å². The van der Waals surface area contributed by atoms with E-state index in [1.807, 2.05) is 26.8 Å². The molecular weight excluding hydrogens is 465 g/mol. The smallest absolute Gasteiger partial charge is 0.458 e. The van der Waals surface area contributed by atoms with Crippen molar-refractivity contribution in [3.8, 4) is 0 Å². The lowest BCUT2D eigenvalue weighted by Crippen LogP contribution is -2.58. The van der Waals surface area contributed by atoms with Gasteiger partial charge in [-0.2, -0.15) is 13.2 Å². The Kier molecular flexibility index (Phi) is 6.29. The highest BCUT2D eigenvalue weighted by atomic mass is 19.4. The molecular formula is C26H31F3O6. The van der Waals surface area contributed by atoms with Gasteiger partial charge in [0.1, 0.15) is 12.7 Å². The molecule has 35 heavy (non-hydrogen) atoms. The fourth-order valence-electron chi connectivity index (χ4n) is 7.63. The summed E-state index contributed by atoms with van der Waals surface area (Å²) in [4.78, 5) is 48.5. The lowest BCUT2D eigenvalue weighted by atomic mass is 9.46. The highest BCUT2D eigenvalue weighted by molar-refractivity contribution is 5.92. The highest BCUT2D eigenvalue weighted by Gasteiger charge is 2.64. The van der Waals surface area contributed by atoms with Crippen LogP contribution in [0, 0.1) is 34.5 Å². The van der Waals surface area contributed by atoms with Crippen molar-refractivity contribution in [1.29, 1.82) is 0 Å². The maximum absolute atomic E-state index is 13.3. The van der Waals surface area contributed by atoms with Crippen LogP contribution >= 0.6 is 0 Å². The van der Waals surface area contributed by atoms with Crippen molar-refractivity contribution in [3.63, 3.8) is 0 Å². The first-order valence-electron chi connectivity index (χ1n) is 12.1. The second kappa shape index (κ2) is 8.59. The van der Waals surface area contributed by atoms with Crippen LogP contribution in [0.2, 0.25) is 0 Å². The molecule has 0 saturated heterocycles. The molecule has 192 valence electrons. The van der Waals surface area contributed by atoms with Crippen molar-refractivity contribution in [3.05, 3.63) is 23.3 Å². The number of allylic oxidation sites excluding steroid dienone is 4. The normalized spacial score (nSPS) is 38.4. The van der Waals surface area contributed by atoms with E-state index in [1.165, 1.54) is 6.92 Å². The van der Waals surface area contributed by atoms with Crippen LogP contribution in [0.3, 0.4) is 0 Å². The zero-order valence-corrected chi connectivity index (χ0v) is 20.4. The summed E-state index contributed by atoms with van der Waals surface area (Å²) >= 11 is 0. The van der Waals surface area contributed by atoms with Crippen LogP contribution < -0.4 is 0 Å². The molecule has 0 amide bonds. The number of Topliss-reactive ketones (excluding diaryl/α,β-unsaturated/α-hetero) is 1. The Hall–Kier alpha value is -2.45. The minimum absolute atomic E-state index is 0.0226. The van der Waals surface area contributed by atoms with Crippen LogP contribution in [0.15, 0.2) is 23.3 Å². The fraction of sp³-hybridized carbons (Fsp3) is 0.692. The summed E-state index contributed by atoms with van der Waals surface area (Å²) in [6.45, 7) is 6.56. The lowest BCUT2D eigenvalue weighted by Gasteiger charge is -2.59. The number of ether oxygens (including phenoxy) is 2. The van der Waals surface area contributed by atoms with Gasteiger partial charge >= 0.3 is 18.1 Å². The molecule has 0 heterocycles. The van der Waals surface area contributed by atoms with Crippen LogP contribution in [0.25, 0.3) is 0 Å². The number of carbonyl (C=O) groups is 4. The van der Waals surface area contributed by atoms with Crippen LogP contribution in [-0.2, 0) is 28.7 Å². The average Bonchev–Trinajstić information content (AvgIpc) is 3.09. The maximum atomic E-state index is 13.3. The molecule has 0 aromatic heterocycles. The van der Waals surface area contributed by atoms with Crippen LogP contribution in [-0.4, -0.2) is 42.4 Å². The first kappa shape index (κ1) is 25.6. The summed E-state index contributed by atoms with van der Waals surface area (Å²) < 4.78 is 49.9. The fourth-order valence-corrected chi connectivity index (χ4v) is 7.63. The van der Waals surface area contributed by atoms with Crippen molar-refractivity contribution < 1.29 is 41.8 Å². The minimum atomic E-state index is -5.14. The number of alkyl halides is 3. The van der Waals surface area contributed by atoms with E-state index in [9.17, 15) is 32.3 Å². The monoisotopic (exact) mass is 496 g/mol. The van der Waals surface area contributed by atoms with E-state index < -0.39 is 46.9 Å². The number of ketones is 2. The molecule has 4 aliphatic rings. The molecule has 0 N–H and O–H groups in total. The SMILES string of the molecule is CC(=O)OCC(=O)[C@H]1CC[C@H]2[C@@H]3C=C(C)C4=CC(=O)CC[C@]4(C)[C@H]3C(OC(=O)C(F)(F)F)C[C@]12C. The number of carbonyl (C=O) groups excluding carboxylic acids is 4. The van der Waals surface area contributed by atoms with Crippen molar-refractivity contribution in [2.24, 2.45) is 34.5 Å². The standard InChI is InChI=1S/C26H31F3O6/c1-13-9-16-17-5-6-18(20(32)12-34-14(2)30)25(17,4)11-21(35-23(33)26(27,28)29)22(16)24(3)8-7-15(31)10-19(13)24/h9-10,16-18,21-22H,5-8,11-12H2,1-4H3/t16-,17-,18+,21?,22+,24-,25-/m0/s1. The van der Waals surface area contributed by atoms with Gasteiger partial charge in [0, 0.05) is 30.6 Å². The molecule has 2 saturated carbocycles. The van der Waals surface area contributed by atoms with E-state index in [4.69, 9.17) is 9.47 Å². The van der Waals surface area contributed by atoms with Crippen LogP contribution in [0.1, 0.15) is 59.8 Å². The van der Waals surface area contributed by atoms with Gasteiger partial charge in [0.05, 0.1) is 0 Å². The van der Waals surface area contributed by atoms with E-state index in [0.717, 1.165) is 11.1 Å². The van der Waals surface area contributed by atoms with Crippen molar-refractivity contribution >= 4 is 23.5 Å². The van der Waals surface area contributed by atoms with E-state index in [-0.39, 0.29) is 42.9 Å². The minimum Gasteiger partial charge on any atom is -0.458 e. The zero-order valence-electron chi connectivity index (χ0n) is 20.4. The first-order chi connectivity index (χ1) is 16.2. The lowest BCUT2D eigenvalue weighted by molar-refractivity contribution is -0.218. The summed E-state index contributed by atoms with van der Waals surface area (Å²) in [5.41, 5.74) is 0.344. The molecule has 6 nitrogen and oxygen atoms in total. The average molecular weight is 497 g/mol. The van der Waals surface area contributed by atoms with Gasteiger partial charge in [0.15, 0.2) is 11.6 Å². The number of hydrogen-bond donors (Lipinski definition) is 0. The Labute approximate surface area is 202 Å². The summed E-state index contributed by atoms with van der Waals surface area (Å²) in [5.74, 6) is -4.32. The molecule has 0 aliphatic heterocycles. The van der Waals surface area contributed by atoms with Crippen molar-refractivity contribution in [2.45, 2.75) is 72.1 Å². The molecule has 4 rings (SSSR count). The van der Waals surface area contributed by atoms with Crippen molar-refractivity contribution in [1.82, 2.24) is 0 Å². The van der Waals surface area contributed by atoms with Gasteiger partial charge < -0.3 is 9.47 Å².